The molecule has 1 atom stereocenters. The number of hydrogen-bond donors (Lipinski definition) is 1. The molecule has 1 aromatic rings. The van der Waals surface area contributed by atoms with E-state index in [0.29, 0.717) is 25.1 Å². The third-order valence-corrected chi connectivity index (χ3v) is 3.68. The van der Waals surface area contributed by atoms with Crippen LogP contribution in [0, 0.1) is 19.8 Å². The molecule has 1 saturated heterocycles. The number of carbonyl (C=O) groups excluding carboxylic acids is 1. The van der Waals surface area contributed by atoms with Crippen LogP contribution < -0.4 is 0 Å². The molecule has 4 nitrogen and oxygen atoms in total. The Labute approximate surface area is 113 Å². The van der Waals surface area contributed by atoms with Crippen molar-refractivity contribution in [1.29, 1.82) is 0 Å². The summed E-state index contributed by atoms with van der Waals surface area (Å²) in [6.45, 7) is 4.83. The summed E-state index contributed by atoms with van der Waals surface area (Å²) in [5, 5.41) is 9.07. The zero-order valence-corrected chi connectivity index (χ0v) is 11.3. The maximum atomic E-state index is 12.5. The van der Waals surface area contributed by atoms with Gasteiger partial charge in [-0.1, -0.05) is 17.7 Å². The van der Waals surface area contributed by atoms with Gasteiger partial charge in [-0.05, 0) is 38.3 Å². The second kappa shape index (κ2) is 5.43. The van der Waals surface area contributed by atoms with Gasteiger partial charge in [0.2, 0.25) is 0 Å². The average Bonchev–Trinajstić information content (AvgIpc) is 2.41. The molecule has 1 aliphatic rings. The highest BCUT2D eigenvalue weighted by Gasteiger charge is 2.29. The Balaban J connectivity index is 2.19. The first kappa shape index (κ1) is 13.6. The van der Waals surface area contributed by atoms with Crippen LogP contribution in [0.25, 0.3) is 0 Å². The second-order valence-electron chi connectivity index (χ2n) is 5.25. The number of carbonyl (C=O) groups is 2. The summed E-state index contributed by atoms with van der Waals surface area (Å²) in [6.07, 6.45) is 1.42. The van der Waals surface area contributed by atoms with Crippen molar-refractivity contribution in [3.63, 3.8) is 0 Å². The number of nitrogens with zero attached hydrogens (tertiary/aromatic N) is 1. The minimum absolute atomic E-state index is 0.0489. The van der Waals surface area contributed by atoms with Gasteiger partial charge in [-0.15, -0.1) is 0 Å². The van der Waals surface area contributed by atoms with Crippen LogP contribution in [0.2, 0.25) is 0 Å². The highest BCUT2D eigenvalue weighted by Crippen LogP contribution is 2.20. The van der Waals surface area contributed by atoms with Crippen molar-refractivity contribution in [1.82, 2.24) is 4.90 Å². The molecule has 1 fully saturated rings. The Bertz CT molecular complexity index is 510. The molecule has 1 aromatic carbocycles. The standard InChI is InChI=1S/C15H19NO3/c1-10-5-6-11(2)13(8-10)14(17)16-7-3-4-12(9-16)15(18)19/h5-6,8,12H,3-4,7,9H2,1-2H3,(H,18,19)/t12-/m0/s1. The van der Waals surface area contributed by atoms with Crippen molar-refractivity contribution < 1.29 is 14.7 Å². The van der Waals surface area contributed by atoms with Crippen molar-refractivity contribution in [2.45, 2.75) is 26.7 Å². The van der Waals surface area contributed by atoms with E-state index in [1.165, 1.54) is 0 Å². The number of likely N-dealkylation sites (tertiary alicyclic amines) is 1. The van der Waals surface area contributed by atoms with E-state index in [9.17, 15) is 9.59 Å². The fraction of sp³-hybridized carbons (Fsp3) is 0.467. The number of aryl methyl sites for hydroxylation is 2. The SMILES string of the molecule is Cc1ccc(C)c(C(=O)N2CCC[C@H](C(=O)O)C2)c1. The predicted molar refractivity (Wildman–Crippen MR) is 72.2 cm³/mol. The maximum Gasteiger partial charge on any atom is 0.308 e. The normalized spacial score (nSPS) is 19.3. The highest BCUT2D eigenvalue weighted by atomic mass is 16.4. The number of aliphatic carboxylic acids is 1. The summed E-state index contributed by atoms with van der Waals surface area (Å²) in [4.78, 5) is 25.2. The fourth-order valence-electron chi connectivity index (χ4n) is 2.50. The van der Waals surface area contributed by atoms with Gasteiger partial charge in [-0.3, -0.25) is 9.59 Å². The zero-order valence-electron chi connectivity index (χ0n) is 11.3. The molecular formula is C15H19NO3. The molecule has 0 aliphatic carbocycles. The van der Waals surface area contributed by atoms with Gasteiger partial charge in [-0.25, -0.2) is 0 Å². The molecule has 0 bridgehead atoms. The quantitative estimate of drug-likeness (QED) is 0.888. The van der Waals surface area contributed by atoms with E-state index in [1.54, 1.807) is 4.90 Å². The van der Waals surface area contributed by atoms with Crippen LogP contribution in [0.3, 0.4) is 0 Å². The molecule has 4 heteroatoms. The molecule has 102 valence electrons. The Morgan fingerprint density at radius 1 is 1.32 bits per heavy atom. The summed E-state index contributed by atoms with van der Waals surface area (Å²) in [5.74, 6) is -1.28. The number of piperidine rings is 1. The molecule has 2 rings (SSSR count). The Hall–Kier alpha value is -1.84. The fourth-order valence-corrected chi connectivity index (χ4v) is 2.50. The number of carboxylic acids is 1. The van der Waals surface area contributed by atoms with Crippen LogP contribution >= 0.6 is 0 Å². The molecular weight excluding hydrogens is 242 g/mol. The lowest BCUT2D eigenvalue weighted by molar-refractivity contribution is -0.143. The van der Waals surface area contributed by atoms with Crippen molar-refractivity contribution in [2.24, 2.45) is 5.92 Å². The summed E-state index contributed by atoms with van der Waals surface area (Å²) in [7, 11) is 0. The Morgan fingerprint density at radius 3 is 2.74 bits per heavy atom. The molecule has 1 amide bonds. The molecule has 0 aromatic heterocycles. The number of amides is 1. The summed E-state index contributed by atoms with van der Waals surface area (Å²) >= 11 is 0. The number of hydrogen-bond acceptors (Lipinski definition) is 2. The van der Waals surface area contributed by atoms with Gasteiger partial charge in [0, 0.05) is 18.7 Å². The van der Waals surface area contributed by atoms with E-state index in [1.807, 2.05) is 32.0 Å². The van der Waals surface area contributed by atoms with Crippen molar-refractivity contribution >= 4 is 11.9 Å². The Morgan fingerprint density at radius 2 is 2.05 bits per heavy atom. The molecule has 0 radical (unpaired) electrons. The van der Waals surface area contributed by atoms with E-state index >= 15 is 0 Å². The van der Waals surface area contributed by atoms with Crippen molar-refractivity contribution in [3.05, 3.63) is 34.9 Å². The molecule has 1 heterocycles. The van der Waals surface area contributed by atoms with Crippen LogP contribution in [0.5, 0.6) is 0 Å². The summed E-state index contributed by atoms with van der Waals surface area (Å²) in [6, 6.07) is 5.78. The zero-order chi connectivity index (χ0) is 14.0. The van der Waals surface area contributed by atoms with Gasteiger partial charge >= 0.3 is 5.97 Å². The van der Waals surface area contributed by atoms with Crippen LogP contribution in [-0.4, -0.2) is 35.0 Å². The van der Waals surface area contributed by atoms with E-state index in [4.69, 9.17) is 5.11 Å². The molecule has 0 unspecified atom stereocenters. The highest BCUT2D eigenvalue weighted by molar-refractivity contribution is 5.96. The molecule has 1 aliphatic heterocycles. The van der Waals surface area contributed by atoms with E-state index in [0.717, 1.165) is 17.5 Å². The largest absolute Gasteiger partial charge is 0.481 e. The molecule has 0 spiro atoms. The first-order valence-electron chi connectivity index (χ1n) is 6.58. The van der Waals surface area contributed by atoms with Gasteiger partial charge in [0.15, 0.2) is 0 Å². The van der Waals surface area contributed by atoms with Gasteiger partial charge in [0.05, 0.1) is 5.92 Å². The Kier molecular flexibility index (Phi) is 3.88. The second-order valence-corrected chi connectivity index (χ2v) is 5.25. The minimum atomic E-state index is -0.807. The third kappa shape index (κ3) is 2.95. The lowest BCUT2D eigenvalue weighted by Crippen LogP contribution is -2.42. The smallest absolute Gasteiger partial charge is 0.308 e. The van der Waals surface area contributed by atoms with E-state index in [2.05, 4.69) is 0 Å². The minimum Gasteiger partial charge on any atom is -0.481 e. The van der Waals surface area contributed by atoms with Gasteiger partial charge < -0.3 is 10.0 Å². The van der Waals surface area contributed by atoms with Gasteiger partial charge in [-0.2, -0.15) is 0 Å². The number of carboxylic acid groups (broad SMARTS) is 1. The van der Waals surface area contributed by atoms with Crippen LogP contribution in [0.1, 0.15) is 34.3 Å². The first-order valence-corrected chi connectivity index (χ1v) is 6.58. The molecule has 19 heavy (non-hydrogen) atoms. The van der Waals surface area contributed by atoms with Crippen molar-refractivity contribution in [2.75, 3.05) is 13.1 Å². The number of rotatable bonds is 2. The molecule has 0 saturated carbocycles. The van der Waals surface area contributed by atoms with Gasteiger partial charge in [0.25, 0.3) is 5.91 Å². The monoisotopic (exact) mass is 261 g/mol. The maximum absolute atomic E-state index is 12.5. The number of benzene rings is 1. The van der Waals surface area contributed by atoms with E-state index < -0.39 is 11.9 Å². The summed E-state index contributed by atoms with van der Waals surface area (Å²) in [5.41, 5.74) is 2.67. The van der Waals surface area contributed by atoms with Crippen LogP contribution in [0.15, 0.2) is 18.2 Å². The van der Waals surface area contributed by atoms with Gasteiger partial charge in [0.1, 0.15) is 0 Å². The lowest BCUT2D eigenvalue weighted by Gasteiger charge is -2.31. The molecule has 1 N–H and O–H groups in total. The topological polar surface area (TPSA) is 57.6 Å². The first-order chi connectivity index (χ1) is 8.99. The third-order valence-electron chi connectivity index (χ3n) is 3.68. The predicted octanol–water partition coefficient (Wildman–Crippen LogP) is 2.24. The van der Waals surface area contributed by atoms with Crippen LogP contribution in [0.4, 0.5) is 0 Å². The summed E-state index contributed by atoms with van der Waals surface area (Å²) < 4.78 is 0. The lowest BCUT2D eigenvalue weighted by atomic mass is 9.96. The van der Waals surface area contributed by atoms with Crippen molar-refractivity contribution in [3.8, 4) is 0 Å². The van der Waals surface area contributed by atoms with E-state index in [-0.39, 0.29) is 5.91 Å². The average molecular weight is 261 g/mol. The van der Waals surface area contributed by atoms with Crippen LogP contribution in [-0.2, 0) is 4.79 Å².